The van der Waals surface area contributed by atoms with E-state index in [4.69, 9.17) is 0 Å². The van der Waals surface area contributed by atoms with Crippen molar-refractivity contribution in [2.24, 2.45) is 5.92 Å². The lowest BCUT2D eigenvalue weighted by Gasteiger charge is -1.98. The van der Waals surface area contributed by atoms with Crippen LogP contribution in [0, 0.1) is 5.92 Å². The number of hydrogen-bond donors (Lipinski definition) is 1. The number of carbonyl (C=O) groups excluding carboxylic acids is 1. The smallest absolute Gasteiger partial charge is 0.223 e. The average molecular weight is 125 g/mol. The van der Waals surface area contributed by atoms with Crippen molar-refractivity contribution >= 4 is 5.91 Å². The van der Waals surface area contributed by atoms with Gasteiger partial charge in [0.25, 0.3) is 0 Å². The van der Waals surface area contributed by atoms with E-state index in [-0.39, 0.29) is 17.9 Å². The molecule has 1 fully saturated rings. The molecule has 0 bridgehead atoms. The summed E-state index contributed by atoms with van der Waals surface area (Å²) in [5.41, 5.74) is 0. The first-order valence-electron chi connectivity index (χ1n) is 3.17. The molecule has 2 atom stereocenters. The van der Waals surface area contributed by atoms with Crippen LogP contribution in [0.3, 0.4) is 0 Å². The molecule has 2 heteroatoms. The van der Waals surface area contributed by atoms with E-state index in [2.05, 4.69) is 11.9 Å². The Morgan fingerprint density at radius 2 is 2.56 bits per heavy atom. The Kier molecular flexibility index (Phi) is 1.56. The maximum Gasteiger partial charge on any atom is 0.223 e. The molecule has 0 aromatic carbocycles. The van der Waals surface area contributed by atoms with E-state index in [0.717, 1.165) is 6.42 Å². The molecule has 1 heterocycles. The predicted octanol–water partition coefficient (Wildman–Crippen LogP) is 0.697. The second-order valence-corrected chi connectivity index (χ2v) is 2.49. The zero-order valence-corrected chi connectivity index (χ0v) is 5.55. The average Bonchev–Trinajstić information content (AvgIpc) is 2.13. The molecule has 50 valence electrons. The van der Waals surface area contributed by atoms with Crippen molar-refractivity contribution in [1.82, 2.24) is 5.32 Å². The Balaban J connectivity index is 2.53. The number of amides is 1. The monoisotopic (exact) mass is 125 g/mol. The lowest BCUT2D eigenvalue weighted by atomic mass is 10.1. The largest absolute Gasteiger partial charge is 0.350 e. The number of hydrogen-bond acceptors (Lipinski definition) is 1. The molecule has 2 unspecified atom stereocenters. The number of nitrogens with one attached hydrogen (secondary N) is 1. The van der Waals surface area contributed by atoms with Crippen molar-refractivity contribution in [1.29, 1.82) is 0 Å². The van der Waals surface area contributed by atoms with E-state index in [1.807, 2.05) is 6.92 Å². The highest BCUT2D eigenvalue weighted by atomic mass is 16.2. The molecule has 0 radical (unpaired) electrons. The van der Waals surface area contributed by atoms with Gasteiger partial charge in [-0.3, -0.25) is 4.79 Å². The molecule has 0 aromatic heterocycles. The van der Waals surface area contributed by atoms with Crippen molar-refractivity contribution < 1.29 is 4.79 Å². The zero-order valence-electron chi connectivity index (χ0n) is 5.55. The summed E-state index contributed by atoms with van der Waals surface area (Å²) < 4.78 is 0. The van der Waals surface area contributed by atoms with Crippen LogP contribution in [0.2, 0.25) is 0 Å². The van der Waals surface area contributed by atoms with Crippen LogP contribution in [0.4, 0.5) is 0 Å². The fourth-order valence-corrected chi connectivity index (χ4v) is 1.03. The van der Waals surface area contributed by atoms with Crippen molar-refractivity contribution in [3.05, 3.63) is 12.7 Å². The first-order chi connectivity index (χ1) is 4.24. The van der Waals surface area contributed by atoms with Gasteiger partial charge in [0.05, 0.1) is 0 Å². The highest BCUT2D eigenvalue weighted by Gasteiger charge is 2.25. The molecular weight excluding hydrogens is 114 g/mol. The van der Waals surface area contributed by atoms with E-state index in [0.29, 0.717) is 0 Å². The fourth-order valence-electron chi connectivity index (χ4n) is 1.03. The van der Waals surface area contributed by atoms with Crippen LogP contribution in [0.25, 0.3) is 0 Å². The van der Waals surface area contributed by atoms with Gasteiger partial charge in [-0.1, -0.05) is 13.0 Å². The molecule has 1 saturated heterocycles. The molecular formula is C7H11NO. The molecule has 1 amide bonds. The van der Waals surface area contributed by atoms with Crippen LogP contribution in [-0.2, 0) is 4.79 Å². The summed E-state index contributed by atoms with van der Waals surface area (Å²) in [6, 6.07) is 0.215. The van der Waals surface area contributed by atoms with E-state index in [9.17, 15) is 4.79 Å². The summed E-state index contributed by atoms with van der Waals surface area (Å²) in [5, 5.41) is 2.80. The van der Waals surface area contributed by atoms with Gasteiger partial charge in [0.1, 0.15) is 0 Å². The summed E-state index contributed by atoms with van der Waals surface area (Å²) in [6.07, 6.45) is 2.68. The molecule has 0 spiro atoms. The third kappa shape index (κ3) is 1.12. The van der Waals surface area contributed by atoms with Gasteiger partial charge in [-0.15, -0.1) is 6.58 Å². The molecule has 2 nitrogen and oxygen atoms in total. The lowest BCUT2D eigenvalue weighted by Crippen LogP contribution is -2.23. The minimum absolute atomic E-state index is 0.153. The first kappa shape index (κ1) is 6.33. The van der Waals surface area contributed by atoms with Crippen molar-refractivity contribution in [2.45, 2.75) is 19.4 Å². The van der Waals surface area contributed by atoms with E-state index in [1.54, 1.807) is 6.08 Å². The minimum Gasteiger partial charge on any atom is -0.350 e. The zero-order chi connectivity index (χ0) is 6.85. The third-order valence-corrected chi connectivity index (χ3v) is 1.67. The maximum atomic E-state index is 10.8. The summed E-state index contributed by atoms with van der Waals surface area (Å²) in [4.78, 5) is 10.8. The van der Waals surface area contributed by atoms with Crippen LogP contribution >= 0.6 is 0 Å². The highest BCUT2D eigenvalue weighted by Crippen LogP contribution is 2.13. The highest BCUT2D eigenvalue weighted by molar-refractivity contribution is 5.81. The van der Waals surface area contributed by atoms with Crippen molar-refractivity contribution in [3.63, 3.8) is 0 Å². The SMILES string of the molecule is C=CC1CC(C)C(=O)N1. The normalized spacial score (nSPS) is 34.1. The van der Waals surface area contributed by atoms with Crippen molar-refractivity contribution in [2.75, 3.05) is 0 Å². The van der Waals surface area contributed by atoms with E-state index >= 15 is 0 Å². The fraction of sp³-hybridized carbons (Fsp3) is 0.571. The summed E-state index contributed by atoms with van der Waals surface area (Å²) >= 11 is 0. The van der Waals surface area contributed by atoms with Crippen LogP contribution in [0.15, 0.2) is 12.7 Å². The standard InChI is InChI=1S/C7H11NO/c1-3-6-4-5(2)7(9)8-6/h3,5-6H,1,4H2,2H3,(H,8,9). The van der Waals surface area contributed by atoms with E-state index < -0.39 is 0 Å². The Labute approximate surface area is 54.9 Å². The van der Waals surface area contributed by atoms with Crippen LogP contribution < -0.4 is 5.32 Å². The molecule has 0 saturated carbocycles. The maximum absolute atomic E-state index is 10.8. The van der Waals surface area contributed by atoms with Gasteiger partial charge in [-0.05, 0) is 6.42 Å². The summed E-state index contributed by atoms with van der Waals surface area (Å²) in [6.45, 7) is 5.53. The van der Waals surface area contributed by atoms with Gasteiger partial charge >= 0.3 is 0 Å². The molecule has 0 aliphatic carbocycles. The van der Waals surface area contributed by atoms with Gasteiger partial charge in [-0.25, -0.2) is 0 Å². The topological polar surface area (TPSA) is 29.1 Å². The molecule has 0 aromatic rings. The quantitative estimate of drug-likeness (QED) is 0.513. The summed E-state index contributed by atoms with van der Waals surface area (Å²) in [7, 11) is 0. The Bertz CT molecular complexity index is 142. The number of carbonyl (C=O) groups is 1. The van der Waals surface area contributed by atoms with Gasteiger partial charge in [0.2, 0.25) is 5.91 Å². The van der Waals surface area contributed by atoms with Crippen LogP contribution in [0.1, 0.15) is 13.3 Å². The van der Waals surface area contributed by atoms with Crippen LogP contribution in [-0.4, -0.2) is 11.9 Å². The van der Waals surface area contributed by atoms with Gasteiger partial charge in [0, 0.05) is 12.0 Å². The van der Waals surface area contributed by atoms with Crippen LogP contribution in [0.5, 0.6) is 0 Å². The second kappa shape index (κ2) is 2.21. The van der Waals surface area contributed by atoms with E-state index in [1.165, 1.54) is 0 Å². The van der Waals surface area contributed by atoms with Crippen molar-refractivity contribution in [3.8, 4) is 0 Å². The predicted molar refractivity (Wildman–Crippen MR) is 35.9 cm³/mol. The van der Waals surface area contributed by atoms with Gasteiger partial charge in [-0.2, -0.15) is 0 Å². The Morgan fingerprint density at radius 3 is 2.78 bits per heavy atom. The van der Waals surface area contributed by atoms with Gasteiger partial charge in [0.15, 0.2) is 0 Å². The molecule has 1 aliphatic rings. The molecule has 1 aliphatic heterocycles. The minimum atomic E-state index is 0.153. The molecule has 1 rings (SSSR count). The van der Waals surface area contributed by atoms with Gasteiger partial charge < -0.3 is 5.32 Å². The Hall–Kier alpha value is -0.790. The Morgan fingerprint density at radius 1 is 1.89 bits per heavy atom. The molecule has 9 heavy (non-hydrogen) atoms. The number of rotatable bonds is 1. The summed E-state index contributed by atoms with van der Waals surface area (Å²) in [5.74, 6) is 0.327. The first-order valence-corrected chi connectivity index (χ1v) is 3.17. The second-order valence-electron chi connectivity index (χ2n) is 2.49. The molecule has 1 N–H and O–H groups in total. The third-order valence-electron chi connectivity index (χ3n) is 1.67. The lowest BCUT2D eigenvalue weighted by molar-refractivity contribution is -0.122.